The van der Waals surface area contributed by atoms with Crippen LogP contribution in [0.1, 0.15) is 25.6 Å². The number of hydrogen-bond donors (Lipinski definition) is 3. The number of aryl methyl sites for hydroxylation is 1. The second-order valence-electron chi connectivity index (χ2n) is 8.21. The molecule has 17 heteroatoms. The predicted octanol–water partition coefficient (Wildman–Crippen LogP) is 0.756. The van der Waals surface area contributed by atoms with Crippen molar-refractivity contribution < 1.29 is 38.4 Å². The lowest BCUT2D eigenvalue weighted by atomic mass is 10.1. The number of esters is 1. The number of hydrogen-bond acceptors (Lipinski definition) is 11. The van der Waals surface area contributed by atoms with E-state index in [1.165, 1.54) is 6.92 Å². The maximum absolute atomic E-state index is 13.2. The molecule has 3 N–H and O–H groups in total. The Morgan fingerprint density at radius 3 is 2.63 bits per heavy atom. The molecule has 0 radical (unpaired) electrons. The van der Waals surface area contributed by atoms with Crippen LogP contribution in [-0.4, -0.2) is 67.8 Å². The quantitative estimate of drug-likeness (QED) is 0.0879. The zero-order valence-corrected chi connectivity index (χ0v) is 21.6. The fourth-order valence-electron chi connectivity index (χ4n) is 3.50. The van der Waals surface area contributed by atoms with Crippen molar-refractivity contribution in [3.05, 3.63) is 73.4 Å². The maximum atomic E-state index is 13.2. The molecule has 3 rings (SSSR count). The molecule has 0 aliphatic carbocycles. The van der Waals surface area contributed by atoms with Crippen LogP contribution in [0.4, 0.5) is 0 Å². The number of carbonyl (C=O) groups is 1. The highest BCUT2D eigenvalue weighted by atomic mass is 31.1. The Labute approximate surface area is 215 Å². The molecule has 0 bridgehead atoms. The van der Waals surface area contributed by atoms with Crippen molar-refractivity contribution in [1.82, 2.24) is 14.4 Å². The summed E-state index contributed by atoms with van der Waals surface area (Å²) in [6.07, 6.45) is -4.38. The van der Waals surface area contributed by atoms with Crippen molar-refractivity contribution in [2.24, 2.45) is 5.11 Å². The van der Waals surface area contributed by atoms with E-state index < -0.39 is 62.2 Å². The van der Waals surface area contributed by atoms with Crippen molar-refractivity contribution in [2.75, 3.05) is 13.2 Å². The van der Waals surface area contributed by atoms with Gasteiger partial charge in [-0.3, -0.25) is 23.7 Å². The van der Waals surface area contributed by atoms with Gasteiger partial charge < -0.3 is 29.0 Å². The third-order valence-electron chi connectivity index (χ3n) is 5.53. The Morgan fingerprint density at radius 2 is 2.03 bits per heavy atom. The molecule has 16 nitrogen and oxygen atoms in total. The summed E-state index contributed by atoms with van der Waals surface area (Å²) in [6, 6.07) is 6.35. The van der Waals surface area contributed by atoms with Gasteiger partial charge in [0.25, 0.3) is 13.7 Å². The monoisotopic (exact) mass is 554 g/mol. The molecule has 0 saturated carbocycles. The molecule has 2 heterocycles. The lowest BCUT2D eigenvalue weighted by molar-refractivity contribution is -0.155. The molecule has 2 unspecified atom stereocenters. The van der Waals surface area contributed by atoms with E-state index >= 15 is 0 Å². The van der Waals surface area contributed by atoms with Gasteiger partial charge in [-0.2, -0.15) is 0 Å². The SMILES string of the molecule is CCOC(=O)C(C)N(Oc1ccc(C)cc1)[PH](=O)OC[C@@]1(N=[N+]=[N-])O[C@@H](n2ccc(=O)[nH]c2=O)[C@H](O)[C@@H]1O. The van der Waals surface area contributed by atoms with Crippen LogP contribution >= 0.6 is 8.18 Å². The van der Waals surface area contributed by atoms with Crippen LogP contribution in [0.2, 0.25) is 0 Å². The van der Waals surface area contributed by atoms with E-state index in [1.54, 1.807) is 31.2 Å². The lowest BCUT2D eigenvalue weighted by Crippen LogP contribution is -2.45. The largest absolute Gasteiger partial charge is 0.465 e. The minimum atomic E-state index is -3.49. The first-order valence-corrected chi connectivity index (χ1v) is 12.6. The van der Waals surface area contributed by atoms with Gasteiger partial charge in [0.1, 0.15) is 24.0 Å². The van der Waals surface area contributed by atoms with Gasteiger partial charge in [0, 0.05) is 17.2 Å². The molecule has 1 aromatic carbocycles. The van der Waals surface area contributed by atoms with Gasteiger partial charge in [0.15, 0.2) is 6.23 Å². The Morgan fingerprint density at radius 1 is 1.34 bits per heavy atom. The van der Waals surface area contributed by atoms with Gasteiger partial charge in [0.05, 0.1) is 13.2 Å². The summed E-state index contributed by atoms with van der Waals surface area (Å²) in [6.45, 7) is 3.97. The van der Waals surface area contributed by atoms with E-state index in [-0.39, 0.29) is 12.4 Å². The lowest BCUT2D eigenvalue weighted by Gasteiger charge is -2.29. The van der Waals surface area contributed by atoms with Crippen LogP contribution in [0.5, 0.6) is 5.75 Å². The van der Waals surface area contributed by atoms with Gasteiger partial charge in [0.2, 0.25) is 5.72 Å². The molecule has 1 aliphatic rings. The third-order valence-corrected chi connectivity index (χ3v) is 6.76. The number of ether oxygens (including phenoxy) is 2. The summed E-state index contributed by atoms with van der Waals surface area (Å²) < 4.78 is 29.9. The number of benzene rings is 1. The van der Waals surface area contributed by atoms with Crippen molar-refractivity contribution in [3.8, 4) is 5.75 Å². The predicted molar refractivity (Wildman–Crippen MR) is 130 cm³/mol. The number of rotatable bonds is 11. The van der Waals surface area contributed by atoms with Crippen LogP contribution in [0.15, 0.2) is 51.2 Å². The Kier molecular flexibility index (Phi) is 9.46. The summed E-state index contributed by atoms with van der Waals surface area (Å²) in [7, 11) is -3.49. The zero-order valence-electron chi connectivity index (χ0n) is 20.6. The number of hydroxylamine groups is 1. The van der Waals surface area contributed by atoms with E-state index in [0.29, 0.717) is 0 Å². The number of H-pyrrole nitrogens is 1. The van der Waals surface area contributed by atoms with Crippen LogP contribution in [-0.2, 0) is 23.4 Å². The average molecular weight is 554 g/mol. The highest BCUT2D eigenvalue weighted by molar-refractivity contribution is 7.36. The number of nitrogens with one attached hydrogen (secondary N) is 1. The van der Waals surface area contributed by atoms with Gasteiger partial charge in [-0.05, 0) is 38.4 Å². The van der Waals surface area contributed by atoms with Crippen molar-refractivity contribution in [3.63, 3.8) is 0 Å². The highest BCUT2D eigenvalue weighted by Crippen LogP contribution is 2.41. The van der Waals surface area contributed by atoms with E-state index in [9.17, 15) is 29.2 Å². The maximum Gasteiger partial charge on any atom is 0.330 e. The molecule has 6 atom stereocenters. The summed E-state index contributed by atoms with van der Waals surface area (Å²) in [4.78, 5) is 46.9. The molecule has 0 spiro atoms. The normalized spacial score (nSPS) is 24.4. The summed E-state index contributed by atoms with van der Waals surface area (Å²) in [5.74, 6) is -0.542. The van der Waals surface area contributed by atoms with Crippen LogP contribution in [0.25, 0.3) is 10.4 Å². The number of aromatic nitrogens is 2. The topological polar surface area (TPSA) is 218 Å². The molecule has 1 aromatic heterocycles. The number of aliphatic hydroxyl groups excluding tert-OH is 2. The Balaban J connectivity index is 1.86. The Bertz CT molecular complexity index is 1330. The molecule has 38 heavy (non-hydrogen) atoms. The number of nitrogens with zero attached hydrogens (tertiary/aromatic N) is 5. The van der Waals surface area contributed by atoms with Crippen LogP contribution in [0, 0.1) is 6.92 Å². The fourth-order valence-corrected chi connectivity index (χ4v) is 4.56. The zero-order chi connectivity index (χ0) is 28.0. The summed E-state index contributed by atoms with van der Waals surface area (Å²) in [5.41, 5.74) is 5.99. The molecule has 1 fully saturated rings. The average Bonchev–Trinajstić information content (AvgIpc) is 3.12. The van der Waals surface area contributed by atoms with Crippen molar-refractivity contribution >= 4 is 14.1 Å². The first-order chi connectivity index (χ1) is 18.0. The standard InChI is InChI=1S/C21H27N6O10P/c1-4-34-19(31)13(3)27(37-14-7-5-12(2)6-8-14)38(33)35-11-21(24-25-22)17(30)16(29)18(36-21)26-10-9-15(28)23-20(26)32/h5-10,13,16-18,29-30,38H,4,11H2,1-3H3,(H,23,28,32)/t13?,16-,17+,18-,21-/m1/s1. The molecular weight excluding hydrogens is 527 g/mol. The van der Waals surface area contributed by atoms with Crippen molar-refractivity contribution in [1.29, 1.82) is 0 Å². The number of carbonyl (C=O) groups excluding carboxylic acids is 1. The third kappa shape index (κ3) is 6.31. The van der Waals surface area contributed by atoms with E-state index in [0.717, 1.165) is 27.2 Å². The Hall–Kier alpha value is -3.49. The second-order valence-corrected chi connectivity index (χ2v) is 9.47. The molecule has 1 saturated heterocycles. The molecule has 206 valence electrons. The number of azide groups is 1. The van der Waals surface area contributed by atoms with Gasteiger partial charge in [-0.1, -0.05) is 27.6 Å². The van der Waals surface area contributed by atoms with E-state index in [1.807, 2.05) is 11.9 Å². The minimum absolute atomic E-state index is 0.0484. The first-order valence-electron chi connectivity index (χ1n) is 11.3. The van der Waals surface area contributed by atoms with Crippen LogP contribution in [0.3, 0.4) is 0 Å². The van der Waals surface area contributed by atoms with E-state index in [2.05, 4.69) is 10.0 Å². The molecule has 0 amide bonds. The summed E-state index contributed by atoms with van der Waals surface area (Å²) in [5, 5.41) is 24.6. The number of aliphatic hydroxyl groups is 2. The van der Waals surface area contributed by atoms with Crippen LogP contribution < -0.4 is 16.1 Å². The second kappa shape index (κ2) is 12.4. The van der Waals surface area contributed by atoms with E-state index in [4.69, 9.17) is 24.4 Å². The fraction of sp³-hybridized carbons (Fsp3) is 0.476. The van der Waals surface area contributed by atoms with Crippen molar-refractivity contribution in [2.45, 2.75) is 51.0 Å². The van der Waals surface area contributed by atoms with Gasteiger partial charge in [-0.25, -0.2) is 4.79 Å². The minimum Gasteiger partial charge on any atom is -0.465 e. The van der Waals surface area contributed by atoms with Gasteiger partial charge >= 0.3 is 11.7 Å². The highest BCUT2D eigenvalue weighted by Gasteiger charge is 2.56. The molecule has 2 aromatic rings. The first kappa shape index (κ1) is 29.1. The van der Waals surface area contributed by atoms with Gasteiger partial charge in [-0.15, -0.1) is 0 Å². The summed E-state index contributed by atoms with van der Waals surface area (Å²) >= 11 is 0. The molecular formula is C21H27N6O10P. The number of aromatic amines is 1. The smallest absolute Gasteiger partial charge is 0.330 e. The molecule has 1 aliphatic heterocycles.